The first-order valence-corrected chi connectivity index (χ1v) is 7.34. The quantitative estimate of drug-likeness (QED) is 0.861. The summed E-state index contributed by atoms with van der Waals surface area (Å²) in [7, 11) is -3.50. The van der Waals surface area contributed by atoms with Crippen molar-refractivity contribution < 1.29 is 17.6 Å². The van der Waals surface area contributed by atoms with E-state index in [0.717, 1.165) is 18.6 Å². The van der Waals surface area contributed by atoms with Crippen LogP contribution in [0.25, 0.3) is 0 Å². The van der Waals surface area contributed by atoms with Crippen molar-refractivity contribution in [2.24, 2.45) is 0 Å². The minimum Gasteiger partial charge on any atom is -0.322 e. The van der Waals surface area contributed by atoms with E-state index in [-0.39, 0.29) is 10.7 Å². The fraction of sp³-hybridized carbons (Fsp3) is 0.0833. The molecule has 2 aromatic rings. The highest BCUT2D eigenvalue weighted by Crippen LogP contribution is 2.10. The summed E-state index contributed by atoms with van der Waals surface area (Å²) < 4.78 is 35.1. The molecule has 6 nitrogen and oxygen atoms in total. The molecule has 0 fully saturated rings. The first-order valence-electron chi connectivity index (χ1n) is 5.45. The maximum atomic E-state index is 12.7. The van der Waals surface area contributed by atoms with Crippen molar-refractivity contribution in [3.8, 4) is 0 Å². The SMILES string of the molecule is CS(=O)(=O)c1ncc(C(=O)Nc2ccc(F)cc2)cn1. The van der Waals surface area contributed by atoms with Crippen LogP contribution in [-0.4, -0.2) is 30.5 Å². The van der Waals surface area contributed by atoms with Gasteiger partial charge in [0.2, 0.25) is 15.0 Å². The minimum atomic E-state index is -3.50. The van der Waals surface area contributed by atoms with Gasteiger partial charge in [0.25, 0.3) is 5.91 Å². The predicted molar refractivity (Wildman–Crippen MR) is 69.5 cm³/mol. The Morgan fingerprint density at radius 2 is 1.70 bits per heavy atom. The summed E-state index contributed by atoms with van der Waals surface area (Å²) >= 11 is 0. The van der Waals surface area contributed by atoms with Gasteiger partial charge in [0, 0.05) is 24.3 Å². The van der Waals surface area contributed by atoms with Crippen LogP contribution in [0, 0.1) is 5.82 Å². The van der Waals surface area contributed by atoms with E-state index in [9.17, 15) is 17.6 Å². The van der Waals surface area contributed by atoms with Crippen molar-refractivity contribution in [1.29, 1.82) is 0 Å². The lowest BCUT2D eigenvalue weighted by atomic mass is 10.2. The molecule has 0 saturated heterocycles. The number of hydrogen-bond acceptors (Lipinski definition) is 5. The molecule has 1 amide bonds. The minimum absolute atomic E-state index is 0.0988. The van der Waals surface area contributed by atoms with Crippen LogP contribution >= 0.6 is 0 Å². The third kappa shape index (κ3) is 3.35. The number of halogens is 1. The predicted octanol–water partition coefficient (Wildman–Crippen LogP) is 1.27. The van der Waals surface area contributed by atoms with Crippen LogP contribution in [0.15, 0.2) is 41.8 Å². The highest BCUT2D eigenvalue weighted by atomic mass is 32.2. The number of rotatable bonds is 3. The topological polar surface area (TPSA) is 89.0 Å². The molecule has 1 N–H and O–H groups in total. The van der Waals surface area contributed by atoms with Gasteiger partial charge in [-0.3, -0.25) is 4.79 Å². The smallest absolute Gasteiger partial charge is 0.258 e. The number of nitrogens with one attached hydrogen (secondary N) is 1. The molecule has 1 aromatic carbocycles. The number of benzene rings is 1. The molecule has 0 unspecified atom stereocenters. The summed E-state index contributed by atoms with van der Waals surface area (Å²) in [4.78, 5) is 19.0. The van der Waals surface area contributed by atoms with Gasteiger partial charge in [-0.1, -0.05) is 0 Å². The van der Waals surface area contributed by atoms with Gasteiger partial charge in [-0.25, -0.2) is 22.8 Å². The second-order valence-corrected chi connectivity index (χ2v) is 5.90. The molecule has 0 radical (unpaired) electrons. The Balaban J connectivity index is 2.15. The zero-order valence-electron chi connectivity index (χ0n) is 10.4. The van der Waals surface area contributed by atoms with E-state index in [1.165, 1.54) is 24.3 Å². The Bertz CT molecular complexity index is 728. The first kappa shape index (κ1) is 14.1. The molecule has 0 atom stereocenters. The summed E-state index contributed by atoms with van der Waals surface area (Å²) in [5.41, 5.74) is 0.505. The van der Waals surface area contributed by atoms with Crippen molar-refractivity contribution in [2.75, 3.05) is 11.6 Å². The monoisotopic (exact) mass is 295 g/mol. The van der Waals surface area contributed by atoms with Crippen LogP contribution < -0.4 is 5.32 Å². The van der Waals surface area contributed by atoms with E-state index >= 15 is 0 Å². The molecule has 0 saturated carbocycles. The zero-order chi connectivity index (χ0) is 14.8. The maximum Gasteiger partial charge on any atom is 0.258 e. The van der Waals surface area contributed by atoms with Gasteiger partial charge in [-0.05, 0) is 24.3 Å². The van der Waals surface area contributed by atoms with Crippen LogP contribution in [0.1, 0.15) is 10.4 Å². The molecule has 104 valence electrons. The Kier molecular flexibility index (Phi) is 3.75. The standard InChI is InChI=1S/C12H10FN3O3S/c1-20(18,19)12-14-6-8(7-15-12)11(17)16-10-4-2-9(13)3-5-10/h2-7H,1H3,(H,16,17). The normalized spacial score (nSPS) is 11.1. The largest absolute Gasteiger partial charge is 0.322 e. The molecular formula is C12H10FN3O3S. The summed E-state index contributed by atoms with van der Waals surface area (Å²) in [6, 6.07) is 5.22. The van der Waals surface area contributed by atoms with Gasteiger partial charge >= 0.3 is 0 Å². The molecule has 0 bridgehead atoms. The Morgan fingerprint density at radius 1 is 1.15 bits per heavy atom. The Morgan fingerprint density at radius 3 is 2.20 bits per heavy atom. The van der Waals surface area contributed by atoms with E-state index in [4.69, 9.17) is 0 Å². The summed E-state index contributed by atoms with van der Waals surface area (Å²) in [5.74, 6) is -0.930. The fourth-order valence-corrected chi connectivity index (χ4v) is 1.85. The van der Waals surface area contributed by atoms with Gasteiger partial charge in [0.05, 0.1) is 5.56 Å². The average molecular weight is 295 g/mol. The molecule has 8 heteroatoms. The van der Waals surface area contributed by atoms with Crippen molar-refractivity contribution >= 4 is 21.4 Å². The van der Waals surface area contributed by atoms with Crippen molar-refractivity contribution in [3.63, 3.8) is 0 Å². The van der Waals surface area contributed by atoms with Crippen LogP contribution in [-0.2, 0) is 9.84 Å². The second kappa shape index (κ2) is 5.33. The van der Waals surface area contributed by atoms with Gasteiger partial charge in [-0.2, -0.15) is 0 Å². The Hall–Kier alpha value is -2.35. The van der Waals surface area contributed by atoms with Crippen LogP contribution in [0.2, 0.25) is 0 Å². The zero-order valence-corrected chi connectivity index (χ0v) is 11.2. The third-order valence-electron chi connectivity index (χ3n) is 2.32. The van der Waals surface area contributed by atoms with Gasteiger partial charge in [0.15, 0.2) is 0 Å². The van der Waals surface area contributed by atoms with Gasteiger partial charge < -0.3 is 5.32 Å². The molecule has 0 aliphatic heterocycles. The number of amides is 1. The second-order valence-electron chi connectivity index (χ2n) is 3.99. The van der Waals surface area contributed by atoms with Gasteiger partial charge in [0.1, 0.15) is 5.82 Å². The number of carbonyl (C=O) groups is 1. The highest BCUT2D eigenvalue weighted by Gasteiger charge is 2.13. The number of hydrogen-bond donors (Lipinski definition) is 1. The maximum absolute atomic E-state index is 12.7. The van der Waals surface area contributed by atoms with Crippen LogP contribution in [0.3, 0.4) is 0 Å². The van der Waals surface area contributed by atoms with E-state index in [1.54, 1.807) is 0 Å². The summed E-state index contributed by atoms with van der Waals surface area (Å²) in [6.07, 6.45) is 3.20. The van der Waals surface area contributed by atoms with Crippen molar-refractivity contribution in [3.05, 3.63) is 48.0 Å². The average Bonchev–Trinajstić information content (AvgIpc) is 2.40. The molecular weight excluding hydrogens is 285 g/mol. The van der Waals surface area contributed by atoms with Crippen LogP contribution in [0.4, 0.5) is 10.1 Å². The summed E-state index contributed by atoms with van der Waals surface area (Å²) in [6.45, 7) is 0. The molecule has 0 spiro atoms. The van der Waals surface area contributed by atoms with E-state index < -0.39 is 21.6 Å². The summed E-state index contributed by atoms with van der Waals surface area (Å²) in [5, 5.41) is 2.16. The molecule has 0 aliphatic rings. The number of aromatic nitrogens is 2. The van der Waals surface area contributed by atoms with Crippen molar-refractivity contribution in [2.45, 2.75) is 5.16 Å². The van der Waals surface area contributed by atoms with E-state index in [1.807, 2.05) is 0 Å². The number of sulfone groups is 1. The molecule has 1 aromatic heterocycles. The molecule has 2 rings (SSSR count). The number of anilines is 1. The highest BCUT2D eigenvalue weighted by molar-refractivity contribution is 7.90. The van der Waals surface area contributed by atoms with E-state index in [0.29, 0.717) is 5.69 Å². The molecule has 20 heavy (non-hydrogen) atoms. The van der Waals surface area contributed by atoms with Crippen molar-refractivity contribution in [1.82, 2.24) is 9.97 Å². The lowest BCUT2D eigenvalue weighted by Crippen LogP contribution is -2.14. The molecule has 0 aliphatic carbocycles. The first-order chi connectivity index (χ1) is 9.36. The molecule has 1 heterocycles. The number of carbonyl (C=O) groups excluding carboxylic acids is 1. The number of nitrogens with zero attached hydrogens (tertiary/aromatic N) is 2. The lowest BCUT2D eigenvalue weighted by molar-refractivity contribution is 0.102. The fourth-order valence-electron chi connectivity index (χ4n) is 1.36. The Labute approximate surface area is 114 Å². The van der Waals surface area contributed by atoms with E-state index in [2.05, 4.69) is 15.3 Å². The van der Waals surface area contributed by atoms with Crippen LogP contribution in [0.5, 0.6) is 0 Å². The van der Waals surface area contributed by atoms with Gasteiger partial charge in [-0.15, -0.1) is 0 Å². The lowest BCUT2D eigenvalue weighted by Gasteiger charge is -2.04. The third-order valence-corrected chi connectivity index (χ3v) is 3.20.